The molecule has 0 radical (unpaired) electrons. The maximum atomic E-state index is 13.0. The van der Waals surface area contributed by atoms with Gasteiger partial charge < -0.3 is 10.2 Å². The third-order valence-corrected chi connectivity index (χ3v) is 4.50. The lowest BCUT2D eigenvalue weighted by Gasteiger charge is -2.29. The van der Waals surface area contributed by atoms with Crippen LogP contribution in [0.4, 0.5) is 10.1 Å². The summed E-state index contributed by atoms with van der Waals surface area (Å²) in [5.41, 5.74) is 3.43. The Labute approximate surface area is 165 Å². The highest BCUT2D eigenvalue weighted by Crippen LogP contribution is 2.20. The largest absolute Gasteiger partial charge is 0.364 e. The second kappa shape index (κ2) is 9.13. The Hall–Kier alpha value is -3.21. The Morgan fingerprint density at radius 2 is 1.75 bits per heavy atom. The van der Waals surface area contributed by atoms with E-state index in [4.69, 9.17) is 0 Å². The van der Waals surface area contributed by atoms with Gasteiger partial charge in [0, 0.05) is 25.3 Å². The number of pyridine rings is 1. The first kappa shape index (κ1) is 19.5. The van der Waals surface area contributed by atoms with Gasteiger partial charge in [0.25, 0.3) is 5.91 Å². The van der Waals surface area contributed by atoms with Gasteiger partial charge in [0.05, 0.1) is 17.4 Å². The number of amides is 1. The Bertz CT molecular complexity index is 911. The molecule has 0 aliphatic rings. The molecule has 0 aliphatic carbocycles. The van der Waals surface area contributed by atoms with E-state index in [1.54, 1.807) is 24.5 Å². The van der Waals surface area contributed by atoms with Crippen molar-refractivity contribution in [1.82, 2.24) is 10.3 Å². The molecule has 0 aliphatic heterocycles. The number of halogens is 1. The fourth-order valence-electron chi connectivity index (χ4n) is 2.95. The maximum Gasteiger partial charge on any atom is 0.253 e. The molecule has 0 bridgehead atoms. The zero-order chi connectivity index (χ0) is 19.9. The van der Waals surface area contributed by atoms with E-state index in [9.17, 15) is 9.18 Å². The number of rotatable bonds is 7. The molecule has 0 atom stereocenters. The van der Waals surface area contributed by atoms with E-state index in [1.165, 1.54) is 17.7 Å². The lowest BCUT2D eigenvalue weighted by atomic mass is 10.1. The molecular weight excluding hydrogens is 353 g/mol. The molecule has 0 saturated carbocycles. The second-order valence-corrected chi connectivity index (χ2v) is 6.95. The number of benzene rings is 2. The number of nitrogens with zero attached hydrogens (tertiary/aromatic N) is 2. The van der Waals surface area contributed by atoms with Gasteiger partial charge in [-0.3, -0.25) is 9.78 Å². The molecule has 1 N–H and O–H groups in total. The van der Waals surface area contributed by atoms with Gasteiger partial charge in [-0.15, -0.1) is 0 Å². The highest BCUT2D eigenvalue weighted by atomic mass is 19.1. The van der Waals surface area contributed by atoms with Crippen LogP contribution in [0.25, 0.3) is 0 Å². The Kier molecular flexibility index (Phi) is 6.37. The fourth-order valence-corrected chi connectivity index (χ4v) is 2.95. The van der Waals surface area contributed by atoms with Crippen molar-refractivity contribution in [3.63, 3.8) is 0 Å². The monoisotopic (exact) mass is 377 g/mol. The number of anilines is 1. The molecule has 1 heterocycles. The van der Waals surface area contributed by atoms with Gasteiger partial charge in [0.2, 0.25) is 0 Å². The molecule has 1 amide bonds. The molecule has 0 unspecified atom stereocenters. The fraction of sp³-hybridized carbons (Fsp3) is 0.217. The SMILES string of the molecule is CC(C)N(Cc1ccccc1)c1cncc(C(=O)NCc2ccc(F)cc2)c1. The minimum atomic E-state index is -0.292. The van der Waals surface area contributed by atoms with Gasteiger partial charge in [-0.2, -0.15) is 0 Å². The van der Waals surface area contributed by atoms with Crippen molar-refractivity contribution in [3.8, 4) is 0 Å². The lowest BCUT2D eigenvalue weighted by molar-refractivity contribution is 0.0950. The number of hydrogen-bond donors (Lipinski definition) is 1. The van der Waals surface area contributed by atoms with Crippen LogP contribution in [0.3, 0.4) is 0 Å². The van der Waals surface area contributed by atoms with Crippen LogP contribution in [-0.4, -0.2) is 16.9 Å². The van der Waals surface area contributed by atoms with Gasteiger partial charge in [0.15, 0.2) is 0 Å². The predicted molar refractivity (Wildman–Crippen MR) is 110 cm³/mol. The third kappa shape index (κ3) is 5.16. The number of hydrogen-bond acceptors (Lipinski definition) is 3. The van der Waals surface area contributed by atoms with Crippen molar-refractivity contribution >= 4 is 11.6 Å². The first-order valence-electron chi connectivity index (χ1n) is 9.31. The van der Waals surface area contributed by atoms with Crippen molar-refractivity contribution < 1.29 is 9.18 Å². The van der Waals surface area contributed by atoms with Gasteiger partial charge in [-0.25, -0.2) is 4.39 Å². The minimum absolute atomic E-state index is 0.206. The highest BCUT2D eigenvalue weighted by molar-refractivity contribution is 5.94. The van der Waals surface area contributed by atoms with E-state index in [0.29, 0.717) is 12.1 Å². The quantitative estimate of drug-likeness (QED) is 0.656. The molecule has 3 rings (SSSR count). The first-order chi connectivity index (χ1) is 13.5. The van der Waals surface area contributed by atoms with E-state index in [-0.39, 0.29) is 17.8 Å². The van der Waals surface area contributed by atoms with E-state index in [1.807, 2.05) is 24.3 Å². The van der Waals surface area contributed by atoms with Crippen LogP contribution in [0.2, 0.25) is 0 Å². The van der Waals surface area contributed by atoms with E-state index in [0.717, 1.165) is 17.8 Å². The van der Waals surface area contributed by atoms with Crippen LogP contribution >= 0.6 is 0 Å². The van der Waals surface area contributed by atoms with Gasteiger partial charge in [0.1, 0.15) is 5.82 Å². The van der Waals surface area contributed by atoms with Gasteiger partial charge in [-0.05, 0) is 43.2 Å². The summed E-state index contributed by atoms with van der Waals surface area (Å²) in [4.78, 5) is 19.0. The van der Waals surface area contributed by atoms with E-state index < -0.39 is 0 Å². The van der Waals surface area contributed by atoms with Crippen molar-refractivity contribution in [1.29, 1.82) is 0 Å². The molecule has 0 spiro atoms. The molecule has 3 aromatic rings. The normalized spacial score (nSPS) is 10.7. The zero-order valence-corrected chi connectivity index (χ0v) is 16.1. The predicted octanol–water partition coefficient (Wildman–Crippen LogP) is 4.57. The summed E-state index contributed by atoms with van der Waals surface area (Å²) in [6.45, 7) is 5.30. The van der Waals surface area contributed by atoms with Crippen LogP contribution in [0.15, 0.2) is 73.1 Å². The molecule has 4 nitrogen and oxygen atoms in total. The summed E-state index contributed by atoms with van der Waals surface area (Å²) in [6.07, 6.45) is 3.34. The number of aromatic nitrogens is 1. The maximum absolute atomic E-state index is 13.0. The molecular formula is C23H24FN3O. The molecule has 144 valence electrons. The number of nitrogens with one attached hydrogen (secondary N) is 1. The van der Waals surface area contributed by atoms with E-state index in [2.05, 4.69) is 41.2 Å². The summed E-state index contributed by atoms with van der Waals surface area (Å²) in [5, 5.41) is 2.86. The van der Waals surface area contributed by atoms with Crippen LogP contribution in [0.1, 0.15) is 35.3 Å². The Morgan fingerprint density at radius 3 is 2.43 bits per heavy atom. The average Bonchev–Trinajstić information content (AvgIpc) is 2.72. The van der Waals surface area contributed by atoms with Crippen molar-refractivity contribution in [2.45, 2.75) is 33.0 Å². The van der Waals surface area contributed by atoms with Crippen LogP contribution < -0.4 is 10.2 Å². The smallest absolute Gasteiger partial charge is 0.253 e. The number of carbonyl (C=O) groups excluding carboxylic acids is 1. The van der Waals surface area contributed by atoms with Crippen LogP contribution in [0.5, 0.6) is 0 Å². The van der Waals surface area contributed by atoms with Crippen molar-refractivity contribution in [2.75, 3.05) is 4.90 Å². The Morgan fingerprint density at radius 1 is 1.04 bits per heavy atom. The Balaban J connectivity index is 1.72. The lowest BCUT2D eigenvalue weighted by Crippen LogP contribution is -2.31. The van der Waals surface area contributed by atoms with Crippen LogP contribution in [-0.2, 0) is 13.1 Å². The topological polar surface area (TPSA) is 45.2 Å². The van der Waals surface area contributed by atoms with Crippen LogP contribution in [0, 0.1) is 5.82 Å². The molecule has 1 aromatic heterocycles. The van der Waals surface area contributed by atoms with Gasteiger partial charge in [-0.1, -0.05) is 42.5 Å². The highest BCUT2D eigenvalue weighted by Gasteiger charge is 2.14. The molecule has 0 fully saturated rings. The van der Waals surface area contributed by atoms with Gasteiger partial charge >= 0.3 is 0 Å². The molecule has 5 heteroatoms. The number of carbonyl (C=O) groups is 1. The standard InChI is InChI=1S/C23H24FN3O/c1-17(2)27(16-19-6-4-3-5-7-19)22-12-20(14-25-15-22)23(28)26-13-18-8-10-21(24)11-9-18/h3-12,14-15,17H,13,16H2,1-2H3,(H,26,28). The van der Waals surface area contributed by atoms with Crippen molar-refractivity contribution in [2.24, 2.45) is 0 Å². The summed E-state index contributed by atoms with van der Waals surface area (Å²) >= 11 is 0. The van der Waals surface area contributed by atoms with Crippen molar-refractivity contribution in [3.05, 3.63) is 95.6 Å². The average molecular weight is 377 g/mol. The molecule has 0 saturated heterocycles. The zero-order valence-electron chi connectivity index (χ0n) is 16.1. The minimum Gasteiger partial charge on any atom is -0.364 e. The second-order valence-electron chi connectivity index (χ2n) is 6.95. The molecule has 2 aromatic carbocycles. The first-order valence-corrected chi connectivity index (χ1v) is 9.31. The third-order valence-electron chi connectivity index (χ3n) is 4.50. The van der Waals surface area contributed by atoms with E-state index >= 15 is 0 Å². The molecule has 28 heavy (non-hydrogen) atoms. The summed E-state index contributed by atoms with van der Waals surface area (Å²) in [5.74, 6) is -0.499. The summed E-state index contributed by atoms with van der Waals surface area (Å²) in [6, 6.07) is 18.4. The summed E-state index contributed by atoms with van der Waals surface area (Å²) in [7, 11) is 0. The summed E-state index contributed by atoms with van der Waals surface area (Å²) < 4.78 is 13.0.